The third kappa shape index (κ3) is 6.43. The van der Waals surface area contributed by atoms with Gasteiger partial charge in [-0.1, -0.05) is 11.6 Å². The summed E-state index contributed by atoms with van der Waals surface area (Å²) in [6, 6.07) is 4.77. The normalized spacial score (nSPS) is 17.6. The number of ether oxygens (including phenoxy) is 1. The fourth-order valence-electron chi connectivity index (χ4n) is 3.74. The predicted octanol–water partition coefficient (Wildman–Crippen LogP) is 5.82. The number of benzene rings is 2. The van der Waals surface area contributed by atoms with Gasteiger partial charge in [0.1, 0.15) is 10.6 Å². The molecular weight excluding hydrogens is 538 g/mol. The van der Waals surface area contributed by atoms with Crippen LogP contribution in [0.4, 0.5) is 32.0 Å². The lowest BCUT2D eigenvalue weighted by Gasteiger charge is -2.31. The number of hydrogen-bond acceptors (Lipinski definition) is 4. The van der Waals surface area contributed by atoms with Crippen LogP contribution in [0.5, 0.6) is 5.75 Å². The molecule has 36 heavy (non-hydrogen) atoms. The van der Waals surface area contributed by atoms with Crippen molar-refractivity contribution in [3.05, 3.63) is 52.5 Å². The molecule has 1 aliphatic rings. The van der Waals surface area contributed by atoms with Crippen molar-refractivity contribution in [3.8, 4) is 5.75 Å². The van der Waals surface area contributed by atoms with E-state index in [9.17, 15) is 39.6 Å². The average molecular weight is 559 g/mol. The summed E-state index contributed by atoms with van der Waals surface area (Å²) in [5, 5.41) is 2.22. The highest BCUT2D eigenvalue weighted by Gasteiger charge is 2.38. The molecule has 1 N–H and O–H groups in total. The van der Waals surface area contributed by atoms with Crippen molar-refractivity contribution < 1.29 is 44.3 Å². The van der Waals surface area contributed by atoms with Crippen molar-refractivity contribution in [2.24, 2.45) is 5.92 Å². The van der Waals surface area contributed by atoms with Crippen molar-refractivity contribution in [1.29, 1.82) is 0 Å². The predicted molar refractivity (Wildman–Crippen MR) is 119 cm³/mol. The molecule has 0 unspecified atom stereocenters. The van der Waals surface area contributed by atoms with E-state index in [0.29, 0.717) is 12.1 Å². The van der Waals surface area contributed by atoms with E-state index >= 15 is 0 Å². The molecule has 2 aromatic rings. The third-order valence-corrected chi connectivity index (χ3v) is 7.55. The largest absolute Gasteiger partial charge is 0.492 e. The van der Waals surface area contributed by atoms with Crippen LogP contribution >= 0.6 is 11.6 Å². The molecule has 2 aromatic carbocycles. The zero-order valence-corrected chi connectivity index (χ0v) is 20.3. The van der Waals surface area contributed by atoms with E-state index in [2.05, 4.69) is 5.32 Å². The van der Waals surface area contributed by atoms with Crippen molar-refractivity contribution >= 4 is 33.2 Å². The number of nitrogens with one attached hydrogen (secondary N) is 1. The monoisotopic (exact) mass is 558 g/mol. The Bertz CT molecular complexity index is 1200. The molecule has 6 nitrogen and oxygen atoms in total. The van der Waals surface area contributed by atoms with Gasteiger partial charge in [-0.25, -0.2) is 8.42 Å². The number of halogens is 7. The molecule has 3 rings (SSSR count). The highest BCUT2D eigenvalue weighted by atomic mass is 35.5. The van der Waals surface area contributed by atoms with E-state index in [1.807, 2.05) is 0 Å². The molecule has 0 saturated carbocycles. The molecule has 0 aliphatic carbocycles. The van der Waals surface area contributed by atoms with Crippen molar-refractivity contribution in [2.75, 3.05) is 25.0 Å². The van der Waals surface area contributed by atoms with E-state index < -0.39 is 51.0 Å². The van der Waals surface area contributed by atoms with Gasteiger partial charge in [0.15, 0.2) is 0 Å². The van der Waals surface area contributed by atoms with Crippen LogP contribution in [0.15, 0.2) is 41.3 Å². The summed E-state index contributed by atoms with van der Waals surface area (Å²) in [4.78, 5) is 12.6. The van der Waals surface area contributed by atoms with Crippen molar-refractivity contribution in [3.63, 3.8) is 0 Å². The van der Waals surface area contributed by atoms with Gasteiger partial charge in [-0.2, -0.15) is 30.6 Å². The summed E-state index contributed by atoms with van der Waals surface area (Å²) in [5.41, 5.74) is -3.86. The standard InChI is InChI=1S/C22H21ClF6N2O4S/c1-2-35-18-6-5-16(23)11-19(18)36(33,34)31-7-3-4-13(12-31)20(32)30-17-9-14(21(24,25)26)8-15(10-17)22(27,28)29/h5-6,8-11,13H,2-4,7,12H2,1H3,(H,30,32)/t13-/m1/s1. The molecule has 1 aliphatic heterocycles. The molecule has 14 heteroatoms. The van der Waals surface area contributed by atoms with Crippen LogP contribution < -0.4 is 10.1 Å². The first-order valence-electron chi connectivity index (χ1n) is 10.7. The minimum atomic E-state index is -5.08. The Labute approximate surface area is 208 Å². The van der Waals surface area contributed by atoms with Gasteiger partial charge < -0.3 is 10.1 Å². The number of carbonyl (C=O) groups excluding carboxylic acids is 1. The number of sulfonamides is 1. The Morgan fingerprint density at radius 2 is 1.69 bits per heavy atom. The van der Waals surface area contributed by atoms with Crippen LogP contribution in [0.3, 0.4) is 0 Å². The summed E-state index contributed by atoms with van der Waals surface area (Å²) in [6.45, 7) is 1.54. The molecule has 0 spiro atoms. The number of rotatable bonds is 6. The molecule has 0 aromatic heterocycles. The Morgan fingerprint density at radius 3 is 2.25 bits per heavy atom. The van der Waals surface area contributed by atoms with Crippen molar-refractivity contribution in [2.45, 2.75) is 37.0 Å². The fourth-order valence-corrected chi connectivity index (χ4v) is 5.66. The van der Waals surface area contributed by atoms with E-state index in [0.717, 1.165) is 4.31 Å². The second-order valence-corrected chi connectivity index (χ2v) is 10.4. The van der Waals surface area contributed by atoms with E-state index in [1.165, 1.54) is 18.2 Å². The molecular formula is C22H21ClF6N2O4S. The van der Waals surface area contributed by atoms with Gasteiger partial charge in [0.2, 0.25) is 15.9 Å². The second-order valence-electron chi connectivity index (χ2n) is 8.01. The highest BCUT2D eigenvalue weighted by molar-refractivity contribution is 7.89. The number of anilines is 1. The Kier molecular flexibility index (Phi) is 8.16. The van der Waals surface area contributed by atoms with Crippen LogP contribution in [0.2, 0.25) is 5.02 Å². The Hall–Kier alpha value is -2.51. The van der Waals surface area contributed by atoms with Gasteiger partial charge in [0.05, 0.1) is 23.7 Å². The summed E-state index contributed by atoms with van der Waals surface area (Å²) in [7, 11) is -4.18. The van der Waals surface area contributed by atoms with Gasteiger partial charge in [-0.3, -0.25) is 4.79 Å². The van der Waals surface area contributed by atoms with Crippen LogP contribution in [0.25, 0.3) is 0 Å². The van der Waals surface area contributed by atoms with Gasteiger partial charge in [0.25, 0.3) is 0 Å². The molecule has 1 atom stereocenters. The number of carbonyl (C=O) groups is 1. The molecule has 1 amide bonds. The zero-order valence-electron chi connectivity index (χ0n) is 18.7. The Balaban J connectivity index is 1.85. The lowest BCUT2D eigenvalue weighted by atomic mass is 9.98. The van der Waals surface area contributed by atoms with Crippen LogP contribution in [-0.2, 0) is 27.2 Å². The Morgan fingerprint density at radius 1 is 1.08 bits per heavy atom. The maximum atomic E-state index is 13.3. The summed E-state index contributed by atoms with van der Waals surface area (Å²) >= 11 is 5.96. The van der Waals surface area contributed by atoms with Gasteiger partial charge >= 0.3 is 12.4 Å². The lowest BCUT2D eigenvalue weighted by molar-refractivity contribution is -0.143. The molecule has 0 bridgehead atoms. The topological polar surface area (TPSA) is 75.7 Å². The first-order valence-corrected chi connectivity index (χ1v) is 12.5. The molecule has 1 fully saturated rings. The number of amides is 1. The van der Waals surface area contributed by atoms with Gasteiger partial charge in [0, 0.05) is 23.8 Å². The molecule has 198 valence electrons. The summed E-state index contributed by atoms with van der Waals surface area (Å²) in [5.74, 6) is -1.87. The highest BCUT2D eigenvalue weighted by Crippen LogP contribution is 2.38. The van der Waals surface area contributed by atoms with Gasteiger partial charge in [-0.15, -0.1) is 0 Å². The van der Waals surface area contributed by atoms with E-state index in [1.54, 1.807) is 6.92 Å². The summed E-state index contributed by atoms with van der Waals surface area (Å²) < 4.78 is 112. The average Bonchev–Trinajstić information content (AvgIpc) is 2.79. The minimum absolute atomic E-state index is 0.0476. The van der Waals surface area contributed by atoms with E-state index in [-0.39, 0.29) is 54.3 Å². The number of piperidine rings is 1. The maximum Gasteiger partial charge on any atom is 0.416 e. The van der Waals surface area contributed by atoms with E-state index in [4.69, 9.17) is 16.3 Å². The van der Waals surface area contributed by atoms with Crippen LogP contribution in [-0.4, -0.2) is 38.3 Å². The maximum absolute atomic E-state index is 13.3. The minimum Gasteiger partial charge on any atom is -0.492 e. The number of hydrogen-bond donors (Lipinski definition) is 1. The first kappa shape index (κ1) is 28.1. The molecule has 0 radical (unpaired) electrons. The summed E-state index contributed by atoms with van der Waals surface area (Å²) in [6.07, 6.45) is -9.74. The first-order chi connectivity index (χ1) is 16.6. The second kappa shape index (κ2) is 10.5. The fraction of sp³-hybridized carbons (Fsp3) is 0.409. The number of nitrogens with zero attached hydrogens (tertiary/aromatic N) is 1. The SMILES string of the molecule is CCOc1ccc(Cl)cc1S(=O)(=O)N1CCC[C@@H](C(=O)Nc2cc(C(F)(F)F)cc(C(F)(F)F)c2)C1. The van der Waals surface area contributed by atoms with Crippen LogP contribution in [0, 0.1) is 5.92 Å². The number of alkyl halides is 6. The smallest absolute Gasteiger partial charge is 0.416 e. The van der Waals surface area contributed by atoms with Crippen LogP contribution in [0.1, 0.15) is 30.9 Å². The zero-order chi connectivity index (χ0) is 26.9. The molecule has 1 saturated heterocycles. The van der Waals surface area contributed by atoms with Gasteiger partial charge in [-0.05, 0) is 56.2 Å². The quantitative estimate of drug-likeness (QED) is 0.454. The third-order valence-electron chi connectivity index (χ3n) is 5.43. The van der Waals surface area contributed by atoms with Crippen molar-refractivity contribution in [1.82, 2.24) is 4.31 Å². The lowest BCUT2D eigenvalue weighted by Crippen LogP contribution is -2.43. The molecule has 1 heterocycles.